The van der Waals surface area contributed by atoms with Gasteiger partial charge in [0.15, 0.2) is 12.3 Å². The summed E-state index contributed by atoms with van der Waals surface area (Å²) in [6, 6.07) is 6.25. The number of aromatic nitrogens is 4. The molecule has 2 bridgehead atoms. The highest BCUT2D eigenvalue weighted by atomic mass is 35.5. The lowest BCUT2D eigenvalue weighted by atomic mass is 9.54. The third-order valence-corrected chi connectivity index (χ3v) is 8.29. The van der Waals surface area contributed by atoms with Crippen LogP contribution in [0, 0.1) is 10.8 Å². The number of carbonyl (C=O) groups is 4. The summed E-state index contributed by atoms with van der Waals surface area (Å²) in [6.07, 6.45) is 7.43. The van der Waals surface area contributed by atoms with Crippen LogP contribution in [0.15, 0.2) is 30.6 Å². The van der Waals surface area contributed by atoms with Gasteiger partial charge in [0.1, 0.15) is 17.8 Å². The van der Waals surface area contributed by atoms with Gasteiger partial charge in [0, 0.05) is 12.6 Å². The van der Waals surface area contributed by atoms with Gasteiger partial charge >= 0.3 is 11.9 Å². The van der Waals surface area contributed by atoms with Crippen molar-refractivity contribution in [1.82, 2.24) is 24.9 Å². The van der Waals surface area contributed by atoms with Crippen LogP contribution in [0.25, 0.3) is 5.78 Å². The minimum absolute atomic E-state index is 0. The largest absolute Gasteiger partial charge is 0.482 e. The fraction of sp³-hybridized carbons (Fsp3) is 0.464. The molecule has 14 nitrogen and oxygen atoms in total. The number of carboxylic acid groups (broad SMARTS) is 1. The number of rotatable bonds is 6. The Hall–Kier alpha value is -4.30. The van der Waals surface area contributed by atoms with Gasteiger partial charge in [0.25, 0.3) is 17.6 Å². The molecule has 0 unspecified atom stereocenters. The van der Waals surface area contributed by atoms with Gasteiger partial charge in [-0.15, -0.1) is 12.4 Å². The summed E-state index contributed by atoms with van der Waals surface area (Å²) in [6.45, 7) is 0.889. The number of aromatic carboxylic acids is 1. The molecule has 1 aromatic carbocycles. The summed E-state index contributed by atoms with van der Waals surface area (Å²) in [7, 11) is 1.50. The van der Waals surface area contributed by atoms with E-state index in [0.29, 0.717) is 16.9 Å². The molecule has 5 N–H and O–H groups in total. The van der Waals surface area contributed by atoms with E-state index >= 15 is 0 Å². The van der Waals surface area contributed by atoms with Crippen LogP contribution in [-0.4, -0.2) is 68.7 Å². The Balaban J connectivity index is 0.000000269. The molecule has 2 amide bonds. The first-order chi connectivity index (χ1) is 19.7. The van der Waals surface area contributed by atoms with E-state index in [1.165, 1.54) is 7.11 Å². The number of nitrogens with zero attached hydrogens (tertiary/aromatic N) is 4. The van der Waals surface area contributed by atoms with Crippen LogP contribution < -0.4 is 21.1 Å². The summed E-state index contributed by atoms with van der Waals surface area (Å²) >= 11 is 0. The summed E-state index contributed by atoms with van der Waals surface area (Å²) in [5.41, 5.74) is 6.94. The summed E-state index contributed by atoms with van der Waals surface area (Å²) in [4.78, 5) is 54.6. The first-order valence-electron chi connectivity index (χ1n) is 13.2. The summed E-state index contributed by atoms with van der Waals surface area (Å²) in [5, 5.41) is 18.4. The van der Waals surface area contributed by atoms with Crippen molar-refractivity contribution in [3.63, 3.8) is 0 Å². The molecule has 0 spiro atoms. The third kappa shape index (κ3) is 6.70. The molecular weight excluding hydrogens is 582 g/mol. The second-order valence-electron chi connectivity index (χ2n) is 10.6. The van der Waals surface area contributed by atoms with Crippen molar-refractivity contribution in [2.24, 2.45) is 16.6 Å². The molecular formula is C28H36ClN7O7. The zero-order valence-corrected chi connectivity index (χ0v) is 23.7. The van der Waals surface area contributed by atoms with E-state index in [1.54, 1.807) is 18.2 Å². The highest BCUT2D eigenvalue weighted by molar-refractivity contribution is 5.96. The maximum absolute atomic E-state index is 12.4. The number of methoxy groups -OCH3 is 1. The van der Waals surface area contributed by atoms with Crippen LogP contribution >= 0.6 is 12.4 Å². The van der Waals surface area contributed by atoms with E-state index in [1.807, 2.05) is 0 Å². The van der Waals surface area contributed by atoms with Crippen molar-refractivity contribution >= 4 is 47.6 Å². The van der Waals surface area contributed by atoms with Gasteiger partial charge in [-0.25, -0.2) is 9.78 Å². The van der Waals surface area contributed by atoms with Gasteiger partial charge in [-0.05, 0) is 68.2 Å². The monoisotopic (exact) mass is 617 g/mol. The van der Waals surface area contributed by atoms with Crippen molar-refractivity contribution in [1.29, 1.82) is 0 Å². The van der Waals surface area contributed by atoms with Crippen molar-refractivity contribution in [3.8, 4) is 5.75 Å². The van der Waals surface area contributed by atoms with Crippen LogP contribution in [-0.2, 0) is 20.9 Å². The van der Waals surface area contributed by atoms with Crippen molar-refractivity contribution < 1.29 is 33.8 Å². The Morgan fingerprint density at radius 2 is 1.86 bits per heavy atom. The predicted molar refractivity (Wildman–Crippen MR) is 157 cm³/mol. The smallest absolute Gasteiger partial charge is 0.354 e. The molecule has 3 heterocycles. The van der Waals surface area contributed by atoms with Crippen LogP contribution in [0.5, 0.6) is 5.75 Å². The zero-order valence-electron chi connectivity index (χ0n) is 22.9. The summed E-state index contributed by atoms with van der Waals surface area (Å²) < 4.78 is 11.2. The fourth-order valence-corrected chi connectivity index (χ4v) is 5.69. The van der Waals surface area contributed by atoms with Gasteiger partial charge in [0.05, 0.1) is 18.2 Å². The van der Waals surface area contributed by atoms with Crippen LogP contribution in [0.1, 0.15) is 72.5 Å². The molecule has 1 aliphatic heterocycles. The molecule has 0 saturated heterocycles. The molecule has 43 heavy (non-hydrogen) atoms. The molecule has 4 aliphatic rings. The van der Waals surface area contributed by atoms with Crippen LogP contribution in [0.3, 0.4) is 0 Å². The highest BCUT2D eigenvalue weighted by Crippen LogP contribution is 2.56. The number of carbonyl (C=O) groups excluding carboxylic acids is 3. The number of amides is 2. The number of benzene rings is 1. The van der Waals surface area contributed by atoms with Gasteiger partial charge in [-0.3, -0.25) is 14.4 Å². The van der Waals surface area contributed by atoms with Gasteiger partial charge in [-0.1, -0.05) is 13.5 Å². The number of hydrogen-bond acceptors (Lipinski definition) is 10. The Morgan fingerprint density at radius 3 is 2.49 bits per heavy atom. The second-order valence-corrected chi connectivity index (χ2v) is 10.6. The van der Waals surface area contributed by atoms with E-state index in [9.17, 15) is 24.3 Å². The highest BCUT2D eigenvalue weighted by Gasteiger charge is 2.52. The molecule has 2 aromatic heterocycles. The van der Waals surface area contributed by atoms with E-state index < -0.39 is 11.9 Å². The van der Waals surface area contributed by atoms with Gasteiger partial charge in [-0.2, -0.15) is 14.6 Å². The molecule has 3 aliphatic carbocycles. The number of esters is 1. The van der Waals surface area contributed by atoms with Crippen molar-refractivity contribution in [2.75, 3.05) is 25.6 Å². The molecule has 232 valence electrons. The molecule has 3 aromatic rings. The predicted octanol–water partition coefficient (Wildman–Crippen LogP) is 2.60. The fourth-order valence-electron chi connectivity index (χ4n) is 5.69. The minimum atomic E-state index is -1.26. The number of fused-ring (bicyclic) bond motifs is 5. The number of hydrogen-bond donors (Lipinski definition) is 4. The zero-order chi connectivity index (χ0) is 29.2. The number of ether oxygens (including phenoxy) is 2. The first-order valence-corrected chi connectivity index (χ1v) is 13.2. The lowest BCUT2D eigenvalue weighted by Crippen LogP contribution is -2.49. The molecule has 0 atom stereocenters. The minimum Gasteiger partial charge on any atom is -0.482 e. The Bertz CT molecular complexity index is 1500. The normalized spacial score (nSPS) is 21.4. The summed E-state index contributed by atoms with van der Waals surface area (Å²) in [5.74, 6) is -1.52. The molecule has 3 saturated carbocycles. The molecule has 3 fully saturated rings. The topological polar surface area (TPSA) is 200 Å². The lowest BCUT2D eigenvalue weighted by molar-refractivity contribution is -0.162. The number of anilines is 1. The standard InChI is InChI=1S/C16H12N6O5.C11H19NO2.CH4.ClH/c23-13-6-27-12-2-1-8(3-9(12)20-13)5-17-14(24)10-4-11(15(25)26)22-16(21-10)18-7-19-22;1-14-9(13)11-5-2-10(8-12,3-6-11)4-7-11;;/h1-4,7H,5-6H2,(H,17,24)(H,20,23)(H,25,26);2-8,12H2,1H3;1H4;1H. The maximum Gasteiger partial charge on any atom is 0.354 e. The second kappa shape index (κ2) is 13.3. The van der Waals surface area contributed by atoms with E-state index in [4.69, 9.17) is 15.2 Å². The Morgan fingerprint density at radius 1 is 1.16 bits per heavy atom. The average molecular weight is 618 g/mol. The van der Waals surface area contributed by atoms with E-state index in [-0.39, 0.29) is 67.4 Å². The average Bonchev–Trinajstić information content (AvgIpc) is 3.48. The SMILES string of the molecule is C.COC(=O)C12CCC(CN)(CC1)CC2.Cl.O=C1COc2ccc(CNC(=O)c3cc(C(=O)O)n4ncnc4n3)cc2N1. The number of halogens is 1. The third-order valence-electron chi connectivity index (χ3n) is 8.29. The maximum atomic E-state index is 12.4. The number of carboxylic acids is 1. The van der Waals surface area contributed by atoms with Gasteiger partial charge in [0.2, 0.25) is 0 Å². The van der Waals surface area contributed by atoms with Gasteiger partial charge < -0.3 is 30.9 Å². The number of nitrogens with two attached hydrogens (primary N) is 1. The number of nitrogens with one attached hydrogen (secondary N) is 2. The van der Waals surface area contributed by atoms with E-state index in [2.05, 4.69) is 25.7 Å². The Labute approximate surface area is 254 Å². The molecule has 15 heteroatoms. The van der Waals surface area contributed by atoms with Crippen molar-refractivity contribution in [3.05, 3.63) is 47.5 Å². The van der Waals surface area contributed by atoms with Crippen LogP contribution in [0.4, 0.5) is 5.69 Å². The lowest BCUT2D eigenvalue weighted by Gasteiger charge is -2.51. The Kier molecular flexibility index (Phi) is 10.3. The quantitative estimate of drug-likeness (QED) is 0.296. The van der Waals surface area contributed by atoms with E-state index in [0.717, 1.165) is 67.5 Å². The molecule has 7 rings (SSSR count). The van der Waals surface area contributed by atoms with Crippen LogP contribution in [0.2, 0.25) is 0 Å². The molecule has 0 radical (unpaired) electrons. The van der Waals surface area contributed by atoms with Crippen molar-refractivity contribution in [2.45, 2.75) is 52.5 Å². The first kappa shape index (κ1) is 33.2.